The van der Waals surface area contributed by atoms with Crippen LogP contribution in [-0.4, -0.2) is 15.4 Å². The molecule has 1 aliphatic rings. The zero-order valence-electron chi connectivity index (χ0n) is 8.54. The average Bonchev–Trinajstić information content (AvgIpc) is 2.31. The van der Waals surface area contributed by atoms with Crippen LogP contribution in [-0.2, 0) is 6.54 Å². The van der Waals surface area contributed by atoms with Crippen LogP contribution in [0, 0.1) is 0 Å². The highest BCUT2D eigenvalue weighted by Gasteiger charge is 2.11. The second kappa shape index (κ2) is 4.90. The zero-order valence-corrected chi connectivity index (χ0v) is 9.35. The molecule has 0 radical (unpaired) electrons. The van der Waals surface area contributed by atoms with Crippen molar-refractivity contribution in [3.63, 3.8) is 0 Å². The van der Waals surface area contributed by atoms with Gasteiger partial charge in [0.1, 0.15) is 0 Å². The summed E-state index contributed by atoms with van der Waals surface area (Å²) in [5.74, 6) is -0.878. The SMILES string of the molecule is O=C(O)c1ccccc1CN1C=CC=CS1. The summed E-state index contributed by atoms with van der Waals surface area (Å²) >= 11 is 1.55. The van der Waals surface area contributed by atoms with Crippen molar-refractivity contribution >= 4 is 17.9 Å². The number of rotatable bonds is 3. The minimum Gasteiger partial charge on any atom is -0.478 e. The fraction of sp³-hybridized carbons (Fsp3) is 0.0833. The number of hydrogen-bond acceptors (Lipinski definition) is 3. The Bertz CT molecular complexity index is 454. The molecule has 16 heavy (non-hydrogen) atoms. The van der Waals surface area contributed by atoms with Crippen molar-refractivity contribution in [1.29, 1.82) is 0 Å². The molecular weight excluding hydrogens is 222 g/mol. The normalized spacial score (nSPS) is 14.1. The van der Waals surface area contributed by atoms with E-state index < -0.39 is 5.97 Å². The Hall–Kier alpha value is -1.68. The van der Waals surface area contributed by atoms with Crippen molar-refractivity contribution in [3.8, 4) is 0 Å². The van der Waals surface area contributed by atoms with E-state index in [0.717, 1.165) is 5.56 Å². The van der Waals surface area contributed by atoms with Gasteiger partial charge in [0.05, 0.1) is 12.1 Å². The van der Waals surface area contributed by atoms with E-state index in [1.54, 1.807) is 24.1 Å². The van der Waals surface area contributed by atoms with Crippen molar-refractivity contribution in [2.75, 3.05) is 0 Å². The number of carboxylic acid groups (broad SMARTS) is 1. The van der Waals surface area contributed by atoms with Gasteiger partial charge < -0.3 is 9.41 Å². The quantitative estimate of drug-likeness (QED) is 0.815. The first kappa shape index (κ1) is 10.8. The highest BCUT2D eigenvalue weighted by molar-refractivity contribution is 8.00. The van der Waals surface area contributed by atoms with Crippen molar-refractivity contribution in [1.82, 2.24) is 4.31 Å². The summed E-state index contributed by atoms with van der Waals surface area (Å²) in [6, 6.07) is 7.07. The van der Waals surface area contributed by atoms with E-state index >= 15 is 0 Å². The Balaban J connectivity index is 2.17. The average molecular weight is 233 g/mol. The molecule has 0 spiro atoms. The molecule has 0 unspecified atom stereocenters. The fourth-order valence-corrected chi connectivity index (χ4v) is 2.14. The lowest BCUT2D eigenvalue weighted by Gasteiger charge is -2.19. The molecule has 82 valence electrons. The largest absolute Gasteiger partial charge is 0.478 e. The minimum atomic E-state index is -0.878. The van der Waals surface area contributed by atoms with E-state index in [4.69, 9.17) is 5.11 Å². The van der Waals surface area contributed by atoms with Crippen LogP contribution in [0.1, 0.15) is 15.9 Å². The number of aromatic carboxylic acids is 1. The van der Waals surface area contributed by atoms with Crippen molar-refractivity contribution < 1.29 is 9.90 Å². The number of carbonyl (C=O) groups is 1. The van der Waals surface area contributed by atoms with Gasteiger partial charge in [0.25, 0.3) is 0 Å². The van der Waals surface area contributed by atoms with Gasteiger partial charge in [-0.15, -0.1) is 0 Å². The van der Waals surface area contributed by atoms with Crippen LogP contribution in [0.2, 0.25) is 0 Å². The van der Waals surface area contributed by atoms with Crippen LogP contribution in [0.25, 0.3) is 0 Å². The Morgan fingerprint density at radius 1 is 1.31 bits per heavy atom. The Kier molecular flexibility index (Phi) is 3.31. The molecule has 0 aromatic heterocycles. The lowest BCUT2D eigenvalue weighted by atomic mass is 10.1. The number of nitrogens with zero attached hydrogens (tertiary/aromatic N) is 1. The van der Waals surface area contributed by atoms with Crippen LogP contribution in [0.4, 0.5) is 0 Å². The van der Waals surface area contributed by atoms with Gasteiger partial charge in [-0.2, -0.15) is 0 Å². The molecule has 1 N–H and O–H groups in total. The van der Waals surface area contributed by atoms with E-state index in [-0.39, 0.29) is 0 Å². The van der Waals surface area contributed by atoms with Gasteiger partial charge in [-0.05, 0) is 35.1 Å². The Morgan fingerprint density at radius 3 is 2.81 bits per heavy atom. The molecule has 0 fully saturated rings. The summed E-state index contributed by atoms with van der Waals surface area (Å²) in [4.78, 5) is 11.0. The van der Waals surface area contributed by atoms with Gasteiger partial charge in [0.15, 0.2) is 0 Å². The molecule has 0 saturated heterocycles. The summed E-state index contributed by atoms with van der Waals surface area (Å²) < 4.78 is 1.99. The van der Waals surface area contributed by atoms with E-state index in [0.29, 0.717) is 12.1 Å². The summed E-state index contributed by atoms with van der Waals surface area (Å²) in [6.07, 6.45) is 5.81. The standard InChI is InChI=1S/C12H11NO2S/c14-12(15)11-6-2-1-5-10(11)9-13-7-3-4-8-16-13/h1-8H,9H2,(H,14,15). The maximum Gasteiger partial charge on any atom is 0.336 e. The van der Waals surface area contributed by atoms with Crippen molar-refractivity contribution in [2.24, 2.45) is 0 Å². The van der Waals surface area contributed by atoms with Gasteiger partial charge in [-0.25, -0.2) is 4.79 Å². The number of benzene rings is 1. The zero-order chi connectivity index (χ0) is 11.4. The molecule has 0 aliphatic carbocycles. The van der Waals surface area contributed by atoms with Crippen LogP contribution in [0.5, 0.6) is 0 Å². The van der Waals surface area contributed by atoms with Crippen molar-refractivity contribution in [3.05, 3.63) is 59.2 Å². The minimum absolute atomic E-state index is 0.367. The van der Waals surface area contributed by atoms with Gasteiger partial charge >= 0.3 is 5.97 Å². The predicted molar refractivity (Wildman–Crippen MR) is 64.8 cm³/mol. The maximum atomic E-state index is 11.0. The molecule has 0 atom stereocenters. The Morgan fingerprint density at radius 2 is 2.12 bits per heavy atom. The number of hydrogen-bond donors (Lipinski definition) is 1. The van der Waals surface area contributed by atoms with Crippen LogP contribution in [0.15, 0.2) is 48.0 Å². The monoisotopic (exact) mass is 233 g/mol. The third-order valence-corrected chi connectivity index (χ3v) is 3.01. The molecule has 1 aromatic carbocycles. The van der Waals surface area contributed by atoms with Gasteiger partial charge in [0.2, 0.25) is 0 Å². The van der Waals surface area contributed by atoms with Gasteiger partial charge in [0, 0.05) is 6.20 Å². The molecular formula is C12H11NO2S. The lowest BCUT2D eigenvalue weighted by Crippen LogP contribution is -2.11. The topological polar surface area (TPSA) is 40.5 Å². The number of carboxylic acids is 1. The molecule has 0 bridgehead atoms. The summed E-state index contributed by atoms with van der Waals surface area (Å²) in [5.41, 5.74) is 1.19. The lowest BCUT2D eigenvalue weighted by molar-refractivity contribution is 0.0695. The molecule has 1 aliphatic heterocycles. The smallest absolute Gasteiger partial charge is 0.336 e. The summed E-state index contributed by atoms with van der Waals surface area (Å²) in [7, 11) is 0. The molecule has 1 heterocycles. The molecule has 2 rings (SSSR count). The van der Waals surface area contributed by atoms with Crippen LogP contribution >= 0.6 is 11.9 Å². The second-order valence-corrected chi connectivity index (χ2v) is 4.26. The first-order valence-corrected chi connectivity index (χ1v) is 5.69. The highest BCUT2D eigenvalue weighted by Crippen LogP contribution is 2.21. The molecule has 4 heteroatoms. The number of allylic oxidation sites excluding steroid dienone is 2. The van der Waals surface area contributed by atoms with Gasteiger partial charge in [-0.1, -0.05) is 24.3 Å². The summed E-state index contributed by atoms with van der Waals surface area (Å²) in [5, 5.41) is 11.0. The van der Waals surface area contributed by atoms with E-state index in [2.05, 4.69) is 0 Å². The first-order valence-electron chi connectivity index (χ1n) is 4.85. The fourth-order valence-electron chi connectivity index (χ4n) is 1.46. The summed E-state index contributed by atoms with van der Waals surface area (Å²) in [6.45, 7) is 0.591. The maximum absolute atomic E-state index is 11.0. The van der Waals surface area contributed by atoms with Gasteiger partial charge in [-0.3, -0.25) is 0 Å². The first-order chi connectivity index (χ1) is 7.77. The second-order valence-electron chi connectivity index (χ2n) is 3.31. The third kappa shape index (κ3) is 2.46. The van der Waals surface area contributed by atoms with Crippen molar-refractivity contribution in [2.45, 2.75) is 6.54 Å². The predicted octanol–water partition coefficient (Wildman–Crippen LogP) is 2.88. The molecule has 0 saturated carbocycles. The van der Waals surface area contributed by atoms with E-state index in [1.165, 1.54) is 0 Å². The molecule has 1 aromatic rings. The molecule has 0 amide bonds. The third-order valence-electron chi connectivity index (χ3n) is 2.21. The Labute approximate surface area is 98.2 Å². The van der Waals surface area contributed by atoms with E-state index in [1.807, 2.05) is 40.2 Å². The van der Waals surface area contributed by atoms with Crippen LogP contribution < -0.4 is 0 Å². The highest BCUT2D eigenvalue weighted by atomic mass is 32.2. The van der Waals surface area contributed by atoms with E-state index in [9.17, 15) is 4.79 Å². The molecule has 3 nitrogen and oxygen atoms in total. The van der Waals surface area contributed by atoms with Crippen LogP contribution in [0.3, 0.4) is 0 Å².